The molecule has 42 heavy (non-hydrogen) atoms. The standard InChI is InChI=1S/C40H28N2/c1-4-14-29(15-5-1)30-18-12-23-35(26-30)41(33-19-6-2-7-20-33)38-25-13-24-36-37-27-31-16-10-11-17-32(31)28-39(37)42(40(36)38)34-21-8-3-9-22-34/h1-28H. The van der Waals surface area contributed by atoms with Crippen molar-refractivity contribution in [1.29, 1.82) is 0 Å². The predicted octanol–water partition coefficient (Wildman–Crippen LogP) is 11.1. The molecule has 0 atom stereocenters. The first-order valence-corrected chi connectivity index (χ1v) is 14.4. The molecular weight excluding hydrogens is 508 g/mol. The van der Waals surface area contributed by atoms with Crippen LogP contribution in [0.25, 0.3) is 49.4 Å². The Labute approximate surface area is 245 Å². The molecule has 0 spiro atoms. The number of benzene rings is 7. The topological polar surface area (TPSA) is 8.17 Å². The van der Waals surface area contributed by atoms with E-state index in [1.165, 1.54) is 43.7 Å². The van der Waals surface area contributed by atoms with Crippen LogP contribution in [0.2, 0.25) is 0 Å². The van der Waals surface area contributed by atoms with Crippen molar-refractivity contribution in [2.45, 2.75) is 0 Å². The highest BCUT2D eigenvalue weighted by molar-refractivity contribution is 6.17. The van der Waals surface area contributed by atoms with Gasteiger partial charge in [-0.15, -0.1) is 0 Å². The minimum atomic E-state index is 1.12. The minimum Gasteiger partial charge on any atom is -0.308 e. The van der Waals surface area contributed by atoms with Crippen molar-refractivity contribution in [2.24, 2.45) is 0 Å². The first-order valence-electron chi connectivity index (χ1n) is 14.4. The molecule has 0 radical (unpaired) electrons. The molecule has 0 aliphatic carbocycles. The maximum Gasteiger partial charge on any atom is 0.0782 e. The summed E-state index contributed by atoms with van der Waals surface area (Å²) in [4.78, 5) is 2.40. The normalized spacial score (nSPS) is 11.3. The van der Waals surface area contributed by atoms with Crippen molar-refractivity contribution in [3.05, 3.63) is 170 Å². The first kappa shape index (κ1) is 24.2. The van der Waals surface area contributed by atoms with Gasteiger partial charge >= 0.3 is 0 Å². The molecule has 7 aromatic carbocycles. The second kappa shape index (κ2) is 10.1. The van der Waals surface area contributed by atoms with Gasteiger partial charge in [-0.1, -0.05) is 115 Å². The third-order valence-corrected chi connectivity index (χ3v) is 8.11. The third kappa shape index (κ3) is 4.05. The van der Waals surface area contributed by atoms with E-state index in [0.29, 0.717) is 0 Å². The largest absolute Gasteiger partial charge is 0.308 e. The number of anilines is 3. The molecule has 2 heteroatoms. The van der Waals surface area contributed by atoms with Crippen LogP contribution in [0, 0.1) is 0 Å². The van der Waals surface area contributed by atoms with Crippen molar-refractivity contribution in [2.75, 3.05) is 4.90 Å². The molecule has 0 N–H and O–H groups in total. The predicted molar refractivity (Wildman–Crippen MR) is 178 cm³/mol. The van der Waals surface area contributed by atoms with E-state index in [-0.39, 0.29) is 0 Å². The van der Waals surface area contributed by atoms with Gasteiger partial charge in [0, 0.05) is 27.8 Å². The lowest BCUT2D eigenvalue weighted by molar-refractivity contribution is 1.17. The third-order valence-electron chi connectivity index (χ3n) is 8.11. The van der Waals surface area contributed by atoms with E-state index in [1.54, 1.807) is 0 Å². The smallest absolute Gasteiger partial charge is 0.0782 e. The highest BCUT2D eigenvalue weighted by Gasteiger charge is 2.22. The number of fused-ring (bicyclic) bond motifs is 4. The Hall–Kier alpha value is -5.60. The van der Waals surface area contributed by atoms with Crippen molar-refractivity contribution in [3.8, 4) is 16.8 Å². The number of aromatic nitrogens is 1. The van der Waals surface area contributed by atoms with Gasteiger partial charge in [0.15, 0.2) is 0 Å². The summed E-state index contributed by atoms with van der Waals surface area (Å²) in [5, 5.41) is 4.97. The fourth-order valence-corrected chi connectivity index (χ4v) is 6.22. The summed E-state index contributed by atoms with van der Waals surface area (Å²) < 4.78 is 2.43. The molecule has 1 heterocycles. The molecule has 0 saturated heterocycles. The van der Waals surface area contributed by atoms with Crippen LogP contribution in [-0.4, -0.2) is 4.57 Å². The van der Waals surface area contributed by atoms with Crippen LogP contribution >= 0.6 is 0 Å². The van der Waals surface area contributed by atoms with E-state index in [9.17, 15) is 0 Å². The van der Waals surface area contributed by atoms with Crippen molar-refractivity contribution < 1.29 is 0 Å². The number of hydrogen-bond acceptors (Lipinski definition) is 1. The molecule has 8 rings (SSSR count). The van der Waals surface area contributed by atoms with Gasteiger partial charge in [0.05, 0.1) is 16.7 Å². The van der Waals surface area contributed by atoms with Crippen LogP contribution in [0.5, 0.6) is 0 Å². The van der Waals surface area contributed by atoms with Crippen LogP contribution in [0.4, 0.5) is 17.1 Å². The van der Waals surface area contributed by atoms with Gasteiger partial charge in [-0.3, -0.25) is 0 Å². The molecule has 0 bridgehead atoms. The van der Waals surface area contributed by atoms with E-state index in [0.717, 1.165) is 22.7 Å². The molecule has 0 amide bonds. The second-order valence-electron chi connectivity index (χ2n) is 10.6. The molecule has 8 aromatic rings. The zero-order valence-electron chi connectivity index (χ0n) is 23.1. The van der Waals surface area contributed by atoms with E-state index in [1.807, 2.05) is 0 Å². The Bertz CT molecular complexity index is 2180. The summed E-state index contributed by atoms with van der Waals surface area (Å²) in [6, 6.07) is 60.9. The Morgan fingerprint density at radius 3 is 1.76 bits per heavy atom. The zero-order chi connectivity index (χ0) is 27.9. The van der Waals surface area contributed by atoms with Crippen molar-refractivity contribution in [3.63, 3.8) is 0 Å². The lowest BCUT2D eigenvalue weighted by Gasteiger charge is -2.27. The number of para-hydroxylation sites is 3. The van der Waals surface area contributed by atoms with E-state index < -0.39 is 0 Å². The molecule has 198 valence electrons. The summed E-state index contributed by atoms with van der Waals surface area (Å²) in [5.74, 6) is 0. The molecular formula is C40H28N2. The Balaban J connectivity index is 1.47. The number of nitrogens with zero attached hydrogens (tertiary/aromatic N) is 2. The molecule has 1 aromatic heterocycles. The van der Waals surface area contributed by atoms with Crippen LogP contribution in [0.1, 0.15) is 0 Å². The van der Waals surface area contributed by atoms with Crippen LogP contribution in [-0.2, 0) is 0 Å². The average molecular weight is 537 g/mol. The van der Waals surface area contributed by atoms with E-state index >= 15 is 0 Å². The van der Waals surface area contributed by atoms with Crippen LogP contribution in [0.15, 0.2) is 170 Å². The zero-order valence-corrected chi connectivity index (χ0v) is 23.1. The fraction of sp³-hybridized carbons (Fsp3) is 0. The van der Waals surface area contributed by atoms with Crippen molar-refractivity contribution >= 4 is 49.6 Å². The van der Waals surface area contributed by atoms with Crippen molar-refractivity contribution in [1.82, 2.24) is 4.57 Å². The summed E-state index contributed by atoms with van der Waals surface area (Å²) in [7, 11) is 0. The van der Waals surface area contributed by atoms with Crippen LogP contribution < -0.4 is 4.90 Å². The maximum atomic E-state index is 2.43. The molecule has 0 aliphatic heterocycles. The quantitative estimate of drug-likeness (QED) is 0.212. The lowest BCUT2D eigenvalue weighted by atomic mass is 10.0. The summed E-state index contributed by atoms with van der Waals surface area (Å²) in [6.45, 7) is 0. The fourth-order valence-electron chi connectivity index (χ4n) is 6.22. The van der Waals surface area contributed by atoms with Gasteiger partial charge in [-0.05, 0) is 76.5 Å². The Kier molecular flexibility index (Phi) is 5.82. The highest BCUT2D eigenvalue weighted by Crippen LogP contribution is 2.44. The highest BCUT2D eigenvalue weighted by atomic mass is 15.2. The SMILES string of the molecule is c1ccc(-c2cccc(N(c3ccccc3)c3cccc4c5cc6ccccc6cc5n(-c5ccccc5)c34)c2)cc1. The molecule has 0 unspecified atom stereocenters. The minimum absolute atomic E-state index is 1.12. The summed E-state index contributed by atoms with van der Waals surface area (Å²) >= 11 is 0. The van der Waals surface area contributed by atoms with Gasteiger partial charge in [0.1, 0.15) is 0 Å². The molecule has 0 fully saturated rings. The average Bonchev–Trinajstić information content (AvgIpc) is 3.39. The molecule has 0 saturated carbocycles. The van der Waals surface area contributed by atoms with E-state index in [4.69, 9.17) is 0 Å². The van der Waals surface area contributed by atoms with Gasteiger partial charge in [-0.2, -0.15) is 0 Å². The van der Waals surface area contributed by atoms with Gasteiger partial charge in [0.25, 0.3) is 0 Å². The lowest BCUT2D eigenvalue weighted by Crippen LogP contribution is -2.11. The van der Waals surface area contributed by atoms with E-state index in [2.05, 4.69) is 179 Å². The Morgan fingerprint density at radius 2 is 1.00 bits per heavy atom. The second-order valence-corrected chi connectivity index (χ2v) is 10.6. The van der Waals surface area contributed by atoms with Crippen LogP contribution in [0.3, 0.4) is 0 Å². The number of hydrogen-bond donors (Lipinski definition) is 0. The summed E-state index contributed by atoms with van der Waals surface area (Å²) in [5.41, 5.74) is 9.29. The summed E-state index contributed by atoms with van der Waals surface area (Å²) in [6.07, 6.45) is 0. The Morgan fingerprint density at radius 1 is 0.405 bits per heavy atom. The molecule has 2 nitrogen and oxygen atoms in total. The molecule has 0 aliphatic rings. The van der Waals surface area contributed by atoms with Gasteiger partial charge < -0.3 is 9.47 Å². The van der Waals surface area contributed by atoms with Gasteiger partial charge in [-0.25, -0.2) is 0 Å². The maximum absolute atomic E-state index is 2.43. The monoisotopic (exact) mass is 536 g/mol. The van der Waals surface area contributed by atoms with Gasteiger partial charge in [0.2, 0.25) is 0 Å². The first-order chi connectivity index (χ1) is 20.8. The number of rotatable bonds is 5.